The Bertz CT molecular complexity index is 685. The lowest BCUT2D eigenvalue weighted by molar-refractivity contribution is -0.134. The third-order valence-electron chi connectivity index (χ3n) is 4.02. The average Bonchev–Trinajstić information content (AvgIpc) is 2.58. The van der Waals surface area contributed by atoms with E-state index >= 15 is 0 Å². The van der Waals surface area contributed by atoms with Gasteiger partial charge < -0.3 is 26.2 Å². The maximum atomic E-state index is 12.6. The molecule has 0 aliphatic heterocycles. The largest absolute Gasteiger partial charge is 0.444 e. The third-order valence-corrected chi connectivity index (χ3v) is 4.02. The highest BCUT2D eigenvalue weighted by atomic mass is 16.6. The van der Waals surface area contributed by atoms with Crippen molar-refractivity contribution in [3.8, 4) is 0 Å². The van der Waals surface area contributed by atoms with Crippen LogP contribution in [0.2, 0.25) is 0 Å². The molecule has 162 valence electrons. The van der Waals surface area contributed by atoms with Crippen LogP contribution in [0.4, 0.5) is 4.79 Å². The van der Waals surface area contributed by atoms with Gasteiger partial charge in [0.25, 0.3) is 5.91 Å². The highest BCUT2D eigenvalue weighted by Crippen LogP contribution is 2.11. The molecule has 1 aromatic carbocycles. The van der Waals surface area contributed by atoms with E-state index in [1.807, 2.05) is 44.2 Å². The summed E-state index contributed by atoms with van der Waals surface area (Å²) in [5.41, 5.74) is 5.44. The van der Waals surface area contributed by atoms with Crippen LogP contribution in [0.15, 0.2) is 30.3 Å². The maximum Gasteiger partial charge on any atom is 0.407 e. The van der Waals surface area contributed by atoms with Gasteiger partial charge in [-0.15, -0.1) is 0 Å². The predicted molar refractivity (Wildman–Crippen MR) is 110 cm³/mol. The van der Waals surface area contributed by atoms with Crippen LogP contribution in [0.25, 0.3) is 0 Å². The molecule has 0 spiro atoms. The first-order valence-corrected chi connectivity index (χ1v) is 9.70. The molecule has 0 saturated heterocycles. The van der Waals surface area contributed by atoms with Crippen LogP contribution in [0.5, 0.6) is 0 Å². The van der Waals surface area contributed by atoms with E-state index in [1.165, 1.54) is 0 Å². The molecule has 1 rings (SSSR count). The van der Waals surface area contributed by atoms with E-state index in [-0.39, 0.29) is 12.3 Å². The van der Waals surface area contributed by atoms with Crippen molar-refractivity contribution >= 4 is 17.9 Å². The number of aliphatic hydroxyl groups is 1. The smallest absolute Gasteiger partial charge is 0.407 e. The number of carbonyl (C=O) groups excluding carboxylic acids is 3. The Morgan fingerprint density at radius 3 is 2.17 bits per heavy atom. The number of nitrogens with two attached hydrogens (primary N) is 1. The molecular weight excluding hydrogens is 374 g/mol. The summed E-state index contributed by atoms with van der Waals surface area (Å²) < 4.78 is 5.24. The molecule has 3 atom stereocenters. The molecule has 0 radical (unpaired) electrons. The Balaban J connectivity index is 2.95. The van der Waals surface area contributed by atoms with E-state index in [1.54, 1.807) is 20.8 Å². The van der Waals surface area contributed by atoms with Crippen molar-refractivity contribution in [2.24, 2.45) is 11.7 Å². The molecule has 0 aliphatic rings. The Morgan fingerprint density at radius 2 is 1.69 bits per heavy atom. The standard InChI is InChI=1S/C21H33N3O5/c1-13(2)11-16(18(22)26)23-19(27)17(25)15(12-14-9-7-6-8-10-14)24-20(28)29-21(3,4)5/h6-10,13,15-17,25H,11-12H2,1-5H3,(H2,22,26)(H,23,27)(H,24,28)/t15-,16+,17+/m1/s1. The van der Waals surface area contributed by atoms with E-state index in [0.717, 1.165) is 5.56 Å². The van der Waals surface area contributed by atoms with Gasteiger partial charge in [0.15, 0.2) is 6.10 Å². The zero-order valence-electron chi connectivity index (χ0n) is 17.8. The lowest BCUT2D eigenvalue weighted by atomic mass is 9.99. The van der Waals surface area contributed by atoms with Crippen molar-refractivity contribution in [3.63, 3.8) is 0 Å². The fraction of sp³-hybridized carbons (Fsp3) is 0.571. The molecule has 8 heteroatoms. The van der Waals surface area contributed by atoms with E-state index in [2.05, 4.69) is 10.6 Å². The van der Waals surface area contributed by atoms with Gasteiger partial charge in [0, 0.05) is 0 Å². The summed E-state index contributed by atoms with van der Waals surface area (Å²) in [6, 6.07) is 7.25. The first kappa shape index (κ1) is 24.4. The Labute approximate surface area is 172 Å². The van der Waals surface area contributed by atoms with Crippen molar-refractivity contribution < 1.29 is 24.2 Å². The van der Waals surface area contributed by atoms with Crippen LogP contribution in [-0.4, -0.2) is 46.8 Å². The molecule has 29 heavy (non-hydrogen) atoms. The van der Waals surface area contributed by atoms with Crippen molar-refractivity contribution in [1.29, 1.82) is 0 Å². The highest BCUT2D eigenvalue weighted by Gasteiger charge is 2.32. The maximum absolute atomic E-state index is 12.6. The number of aliphatic hydroxyl groups excluding tert-OH is 1. The van der Waals surface area contributed by atoms with E-state index in [4.69, 9.17) is 10.5 Å². The molecule has 0 aromatic heterocycles. The lowest BCUT2D eigenvalue weighted by Crippen LogP contribution is -2.56. The number of amides is 3. The van der Waals surface area contributed by atoms with Gasteiger partial charge in [-0.25, -0.2) is 4.79 Å². The van der Waals surface area contributed by atoms with Crippen molar-refractivity contribution in [3.05, 3.63) is 35.9 Å². The van der Waals surface area contributed by atoms with Crippen LogP contribution < -0.4 is 16.4 Å². The molecule has 1 aromatic rings. The number of alkyl carbamates (subject to hydrolysis) is 1. The van der Waals surface area contributed by atoms with Crippen LogP contribution in [-0.2, 0) is 20.7 Å². The number of benzene rings is 1. The Kier molecular flexibility index (Phi) is 9.10. The summed E-state index contributed by atoms with van der Waals surface area (Å²) in [7, 11) is 0. The molecular formula is C21H33N3O5. The first-order valence-electron chi connectivity index (χ1n) is 9.70. The summed E-state index contributed by atoms with van der Waals surface area (Å²) in [5, 5.41) is 15.7. The van der Waals surface area contributed by atoms with Crippen molar-refractivity contribution in [2.45, 2.75) is 71.2 Å². The summed E-state index contributed by atoms with van der Waals surface area (Å²) in [6.45, 7) is 8.92. The predicted octanol–water partition coefficient (Wildman–Crippen LogP) is 1.50. The first-order chi connectivity index (χ1) is 13.4. The zero-order chi connectivity index (χ0) is 22.2. The normalized spacial score (nSPS) is 14.6. The second kappa shape index (κ2) is 10.8. The third kappa shape index (κ3) is 9.43. The molecule has 0 heterocycles. The average molecular weight is 408 g/mol. The molecule has 8 nitrogen and oxygen atoms in total. The molecule has 0 aliphatic carbocycles. The number of hydrogen-bond donors (Lipinski definition) is 4. The summed E-state index contributed by atoms with van der Waals surface area (Å²) in [4.78, 5) is 36.4. The number of carbonyl (C=O) groups is 3. The second-order valence-electron chi connectivity index (χ2n) is 8.48. The minimum Gasteiger partial charge on any atom is -0.444 e. The molecule has 3 amide bonds. The van der Waals surface area contributed by atoms with E-state index < -0.39 is 41.7 Å². The number of ether oxygens (including phenoxy) is 1. The van der Waals surface area contributed by atoms with Crippen LogP contribution in [0.3, 0.4) is 0 Å². The van der Waals surface area contributed by atoms with Gasteiger partial charge in [0.2, 0.25) is 5.91 Å². The van der Waals surface area contributed by atoms with Gasteiger partial charge in [-0.3, -0.25) is 9.59 Å². The summed E-state index contributed by atoms with van der Waals surface area (Å²) >= 11 is 0. The lowest BCUT2D eigenvalue weighted by Gasteiger charge is -2.27. The van der Waals surface area contributed by atoms with Gasteiger partial charge in [-0.2, -0.15) is 0 Å². The fourth-order valence-corrected chi connectivity index (χ4v) is 2.73. The van der Waals surface area contributed by atoms with Gasteiger partial charge >= 0.3 is 6.09 Å². The van der Waals surface area contributed by atoms with Gasteiger partial charge in [-0.1, -0.05) is 44.2 Å². The number of hydrogen-bond acceptors (Lipinski definition) is 5. The van der Waals surface area contributed by atoms with Gasteiger partial charge in [0.05, 0.1) is 6.04 Å². The minimum absolute atomic E-state index is 0.116. The fourth-order valence-electron chi connectivity index (χ4n) is 2.73. The van der Waals surface area contributed by atoms with Crippen molar-refractivity contribution in [2.75, 3.05) is 0 Å². The van der Waals surface area contributed by atoms with Gasteiger partial charge in [0.1, 0.15) is 11.6 Å². The van der Waals surface area contributed by atoms with Gasteiger partial charge in [-0.05, 0) is 45.1 Å². The van der Waals surface area contributed by atoms with E-state index in [0.29, 0.717) is 6.42 Å². The van der Waals surface area contributed by atoms with Crippen LogP contribution in [0, 0.1) is 5.92 Å². The number of rotatable bonds is 9. The summed E-state index contributed by atoms with van der Waals surface area (Å²) in [5.74, 6) is -1.35. The van der Waals surface area contributed by atoms with E-state index in [9.17, 15) is 19.5 Å². The monoisotopic (exact) mass is 407 g/mol. The molecule has 0 bridgehead atoms. The molecule has 0 unspecified atom stereocenters. The Hall–Kier alpha value is -2.61. The highest BCUT2D eigenvalue weighted by molar-refractivity contribution is 5.89. The molecule has 0 fully saturated rings. The second-order valence-corrected chi connectivity index (χ2v) is 8.48. The summed E-state index contributed by atoms with van der Waals surface area (Å²) in [6.07, 6.45) is -1.81. The van der Waals surface area contributed by atoms with Crippen LogP contribution in [0.1, 0.15) is 46.6 Å². The number of nitrogens with one attached hydrogen (secondary N) is 2. The minimum atomic E-state index is -1.60. The molecule has 5 N–H and O–H groups in total. The zero-order valence-corrected chi connectivity index (χ0v) is 17.8. The topological polar surface area (TPSA) is 131 Å². The molecule has 0 saturated carbocycles. The van der Waals surface area contributed by atoms with Crippen molar-refractivity contribution in [1.82, 2.24) is 10.6 Å². The quantitative estimate of drug-likeness (QED) is 0.493. The van der Waals surface area contributed by atoms with Crippen LogP contribution >= 0.6 is 0 Å². The SMILES string of the molecule is CC(C)C[C@H](NC(=O)[C@@H](O)[C@@H](Cc1ccccc1)NC(=O)OC(C)(C)C)C(N)=O. The number of primary amides is 1. The Morgan fingerprint density at radius 1 is 1.10 bits per heavy atom.